The molecule has 3 atom stereocenters. The summed E-state index contributed by atoms with van der Waals surface area (Å²) in [5.74, 6) is 3.65. The SMILES string of the molecule is CC(N)c1ncc(C23CC4CC(CC(C)(C4)C2)C3)o1. The molecule has 0 spiro atoms. The van der Waals surface area contributed by atoms with Crippen LogP contribution < -0.4 is 5.73 Å². The number of hydrogen-bond donors (Lipinski definition) is 1. The van der Waals surface area contributed by atoms with Crippen LogP contribution in [0, 0.1) is 17.3 Å². The van der Waals surface area contributed by atoms with E-state index < -0.39 is 0 Å². The topological polar surface area (TPSA) is 52.0 Å². The molecule has 4 bridgehead atoms. The van der Waals surface area contributed by atoms with Crippen LogP contribution in [-0.2, 0) is 5.41 Å². The van der Waals surface area contributed by atoms with Crippen LogP contribution in [0.25, 0.3) is 0 Å². The summed E-state index contributed by atoms with van der Waals surface area (Å²) < 4.78 is 6.04. The zero-order valence-corrected chi connectivity index (χ0v) is 12.0. The normalized spacial score (nSPS) is 45.6. The maximum absolute atomic E-state index is 6.04. The van der Waals surface area contributed by atoms with Gasteiger partial charge in [0.1, 0.15) is 5.76 Å². The Balaban J connectivity index is 1.73. The van der Waals surface area contributed by atoms with Crippen LogP contribution in [0.1, 0.15) is 70.1 Å². The molecular weight excluding hydrogens is 236 g/mol. The predicted octanol–water partition coefficient (Wildman–Crippen LogP) is 3.55. The van der Waals surface area contributed by atoms with E-state index in [0.717, 1.165) is 17.6 Å². The molecule has 1 aromatic rings. The van der Waals surface area contributed by atoms with Gasteiger partial charge >= 0.3 is 0 Å². The quantitative estimate of drug-likeness (QED) is 0.884. The standard InChI is InChI=1S/C16H24N2O/c1-10(17)14-18-8-13(19-14)16-6-11-3-12(7-16)5-15(2,4-11)9-16/h8,10-12H,3-7,9,17H2,1-2H3. The summed E-state index contributed by atoms with van der Waals surface area (Å²) in [6.45, 7) is 4.43. The molecule has 0 aliphatic heterocycles. The van der Waals surface area contributed by atoms with Crippen molar-refractivity contribution in [1.82, 2.24) is 4.98 Å². The third-order valence-corrected chi connectivity index (χ3v) is 5.79. The molecule has 1 aromatic heterocycles. The first-order valence-corrected chi connectivity index (χ1v) is 7.70. The molecule has 0 amide bonds. The van der Waals surface area contributed by atoms with Crippen LogP contribution in [0.4, 0.5) is 0 Å². The van der Waals surface area contributed by atoms with Gasteiger partial charge in [-0.2, -0.15) is 0 Å². The van der Waals surface area contributed by atoms with Crippen molar-refractivity contribution in [1.29, 1.82) is 0 Å². The van der Waals surface area contributed by atoms with E-state index in [-0.39, 0.29) is 11.5 Å². The average Bonchev–Trinajstić information content (AvgIpc) is 2.74. The summed E-state index contributed by atoms with van der Waals surface area (Å²) in [6, 6.07) is -0.0988. The highest BCUT2D eigenvalue weighted by molar-refractivity contribution is 5.21. The third kappa shape index (κ3) is 1.70. The molecule has 4 fully saturated rings. The molecule has 3 nitrogen and oxygen atoms in total. The maximum atomic E-state index is 6.04. The lowest BCUT2D eigenvalue weighted by molar-refractivity contribution is -0.0692. The van der Waals surface area contributed by atoms with Gasteiger partial charge in [0.05, 0.1) is 12.2 Å². The fourth-order valence-electron chi connectivity index (χ4n) is 5.75. The van der Waals surface area contributed by atoms with Gasteiger partial charge in [-0.25, -0.2) is 4.98 Å². The van der Waals surface area contributed by atoms with Crippen LogP contribution in [0.2, 0.25) is 0 Å². The average molecular weight is 260 g/mol. The van der Waals surface area contributed by atoms with Crippen LogP contribution in [0.3, 0.4) is 0 Å². The molecule has 104 valence electrons. The fourth-order valence-corrected chi connectivity index (χ4v) is 5.75. The number of nitrogens with zero attached hydrogens (tertiary/aromatic N) is 1. The van der Waals surface area contributed by atoms with E-state index in [9.17, 15) is 0 Å². The summed E-state index contributed by atoms with van der Waals surface area (Å²) in [5.41, 5.74) is 6.71. The highest BCUT2D eigenvalue weighted by Gasteiger charge is 2.57. The van der Waals surface area contributed by atoms with Gasteiger partial charge in [0.2, 0.25) is 5.89 Å². The summed E-state index contributed by atoms with van der Waals surface area (Å²) >= 11 is 0. The third-order valence-electron chi connectivity index (χ3n) is 5.79. The molecule has 0 aromatic carbocycles. The van der Waals surface area contributed by atoms with E-state index in [1.807, 2.05) is 13.1 Å². The van der Waals surface area contributed by atoms with E-state index in [0.29, 0.717) is 11.3 Å². The summed E-state index contributed by atoms with van der Waals surface area (Å²) in [5, 5.41) is 0. The van der Waals surface area contributed by atoms with Crippen LogP contribution in [-0.4, -0.2) is 4.98 Å². The van der Waals surface area contributed by atoms with E-state index in [1.165, 1.54) is 38.5 Å². The van der Waals surface area contributed by atoms with Crippen LogP contribution >= 0.6 is 0 Å². The van der Waals surface area contributed by atoms with Gasteiger partial charge in [0, 0.05) is 5.41 Å². The number of oxazole rings is 1. The molecule has 19 heavy (non-hydrogen) atoms. The minimum Gasteiger partial charge on any atom is -0.443 e. The highest BCUT2D eigenvalue weighted by atomic mass is 16.4. The van der Waals surface area contributed by atoms with E-state index in [4.69, 9.17) is 10.2 Å². The van der Waals surface area contributed by atoms with Crippen molar-refractivity contribution in [3.05, 3.63) is 17.8 Å². The lowest BCUT2D eigenvalue weighted by Crippen LogP contribution is -2.52. The maximum Gasteiger partial charge on any atom is 0.211 e. The van der Waals surface area contributed by atoms with Gasteiger partial charge in [-0.15, -0.1) is 0 Å². The zero-order chi connectivity index (χ0) is 13.3. The van der Waals surface area contributed by atoms with Gasteiger partial charge in [-0.1, -0.05) is 6.92 Å². The summed E-state index contributed by atoms with van der Waals surface area (Å²) in [6.07, 6.45) is 10.2. The first-order chi connectivity index (χ1) is 8.98. The van der Waals surface area contributed by atoms with Crippen molar-refractivity contribution in [2.75, 3.05) is 0 Å². The van der Waals surface area contributed by atoms with Crippen molar-refractivity contribution >= 4 is 0 Å². The Morgan fingerprint density at radius 1 is 1.32 bits per heavy atom. The molecule has 2 N–H and O–H groups in total. The second-order valence-corrected chi connectivity index (χ2v) is 7.90. The Labute approximate surface area is 115 Å². The van der Waals surface area contributed by atoms with Gasteiger partial charge in [-0.3, -0.25) is 0 Å². The summed E-state index contributed by atoms with van der Waals surface area (Å²) in [7, 11) is 0. The Bertz CT molecular complexity index is 491. The minimum absolute atomic E-state index is 0.0988. The van der Waals surface area contributed by atoms with Crippen molar-refractivity contribution in [2.24, 2.45) is 23.0 Å². The van der Waals surface area contributed by atoms with E-state index in [2.05, 4.69) is 11.9 Å². The lowest BCUT2D eigenvalue weighted by atomic mass is 9.44. The second-order valence-electron chi connectivity index (χ2n) is 7.90. The molecule has 4 aliphatic rings. The smallest absolute Gasteiger partial charge is 0.211 e. The van der Waals surface area contributed by atoms with Gasteiger partial charge < -0.3 is 10.2 Å². The molecule has 5 rings (SSSR count). The first-order valence-electron chi connectivity index (χ1n) is 7.70. The predicted molar refractivity (Wildman–Crippen MR) is 73.6 cm³/mol. The zero-order valence-electron chi connectivity index (χ0n) is 12.0. The molecule has 1 heterocycles. The summed E-state index contributed by atoms with van der Waals surface area (Å²) in [4.78, 5) is 4.40. The van der Waals surface area contributed by atoms with E-state index in [1.54, 1.807) is 0 Å². The second kappa shape index (κ2) is 3.63. The minimum atomic E-state index is -0.0988. The Kier molecular flexibility index (Phi) is 2.28. The lowest BCUT2D eigenvalue weighted by Gasteiger charge is -2.60. The Morgan fingerprint density at radius 2 is 2.00 bits per heavy atom. The molecule has 0 radical (unpaired) electrons. The highest BCUT2D eigenvalue weighted by Crippen LogP contribution is 2.65. The van der Waals surface area contributed by atoms with Gasteiger partial charge in [0.25, 0.3) is 0 Å². The Hall–Kier alpha value is -0.830. The number of rotatable bonds is 2. The van der Waals surface area contributed by atoms with Crippen molar-refractivity contribution in [2.45, 2.75) is 63.8 Å². The molecule has 0 saturated heterocycles. The molecule has 3 unspecified atom stereocenters. The van der Waals surface area contributed by atoms with Crippen molar-refractivity contribution in [3.8, 4) is 0 Å². The molecule has 3 heteroatoms. The van der Waals surface area contributed by atoms with Crippen molar-refractivity contribution < 1.29 is 4.42 Å². The van der Waals surface area contributed by atoms with Gasteiger partial charge in [-0.05, 0) is 62.7 Å². The van der Waals surface area contributed by atoms with Crippen molar-refractivity contribution in [3.63, 3.8) is 0 Å². The molecule has 4 saturated carbocycles. The largest absolute Gasteiger partial charge is 0.443 e. The fraction of sp³-hybridized carbons (Fsp3) is 0.812. The molecular formula is C16H24N2O. The number of nitrogens with two attached hydrogens (primary N) is 1. The van der Waals surface area contributed by atoms with E-state index >= 15 is 0 Å². The van der Waals surface area contributed by atoms with Crippen LogP contribution in [0.15, 0.2) is 10.6 Å². The van der Waals surface area contributed by atoms with Crippen LogP contribution in [0.5, 0.6) is 0 Å². The molecule has 4 aliphatic carbocycles. The van der Waals surface area contributed by atoms with Gasteiger partial charge in [0.15, 0.2) is 0 Å². The number of aromatic nitrogens is 1. The monoisotopic (exact) mass is 260 g/mol. The first kappa shape index (κ1) is 12.0. The Morgan fingerprint density at radius 3 is 2.53 bits per heavy atom. The number of hydrogen-bond acceptors (Lipinski definition) is 3.